The van der Waals surface area contributed by atoms with Gasteiger partial charge in [-0.3, -0.25) is 0 Å². The molecule has 1 unspecified atom stereocenters. The van der Waals surface area contributed by atoms with Crippen LogP contribution < -0.4 is 10.4 Å². The summed E-state index contributed by atoms with van der Waals surface area (Å²) >= 11 is 0. The van der Waals surface area contributed by atoms with Crippen LogP contribution in [0, 0.1) is 0 Å². The van der Waals surface area contributed by atoms with Gasteiger partial charge in [0.25, 0.3) is 0 Å². The Morgan fingerprint density at radius 2 is 2.10 bits per heavy atom. The van der Waals surface area contributed by atoms with E-state index in [1.54, 1.807) is 12.1 Å². The zero-order chi connectivity index (χ0) is 14.9. The molecule has 0 radical (unpaired) electrons. The normalized spacial score (nSPS) is 20.8. The molecule has 1 aromatic heterocycles. The minimum absolute atomic E-state index is 0.0541. The fourth-order valence-electron chi connectivity index (χ4n) is 2.34. The third kappa shape index (κ3) is 3.43. The average molecular weight is 290 g/mol. The molecule has 112 valence electrons. The minimum atomic E-state index is -0.503. The Balaban J connectivity index is 1.59. The third-order valence-corrected chi connectivity index (χ3v) is 3.37. The summed E-state index contributed by atoms with van der Waals surface area (Å²) in [5, 5.41) is 0.872. The second-order valence-corrected chi connectivity index (χ2v) is 5.54. The highest BCUT2D eigenvalue weighted by Crippen LogP contribution is 2.24. The zero-order valence-electron chi connectivity index (χ0n) is 12.1. The van der Waals surface area contributed by atoms with Gasteiger partial charge in [-0.15, -0.1) is 0 Å². The standard InChI is InChI=1S/C16H18O5/c1-16(2)19-10-13(21-16)7-8-18-12-5-3-11-4-6-15(17)20-14(11)9-12/h3-6,9,13H,7-8,10H2,1-2H3. The molecule has 1 aromatic carbocycles. The van der Waals surface area contributed by atoms with E-state index < -0.39 is 5.79 Å². The quantitative estimate of drug-likeness (QED) is 0.810. The van der Waals surface area contributed by atoms with E-state index in [9.17, 15) is 4.79 Å². The smallest absolute Gasteiger partial charge is 0.336 e. The molecule has 2 aromatic rings. The number of hydrogen-bond donors (Lipinski definition) is 0. The van der Waals surface area contributed by atoms with Gasteiger partial charge in [0.05, 0.1) is 19.3 Å². The maximum Gasteiger partial charge on any atom is 0.336 e. The number of fused-ring (bicyclic) bond motifs is 1. The Morgan fingerprint density at radius 3 is 2.86 bits per heavy atom. The van der Waals surface area contributed by atoms with Crippen LogP contribution in [0.2, 0.25) is 0 Å². The SMILES string of the molecule is CC1(C)OCC(CCOc2ccc3ccc(=O)oc3c2)O1. The van der Waals surface area contributed by atoms with Crippen molar-refractivity contribution < 1.29 is 18.6 Å². The van der Waals surface area contributed by atoms with Crippen molar-refractivity contribution in [1.82, 2.24) is 0 Å². The van der Waals surface area contributed by atoms with Gasteiger partial charge in [-0.1, -0.05) is 0 Å². The molecule has 0 bridgehead atoms. The number of benzene rings is 1. The van der Waals surface area contributed by atoms with Gasteiger partial charge in [-0.2, -0.15) is 0 Å². The molecule has 1 fully saturated rings. The van der Waals surface area contributed by atoms with Crippen molar-refractivity contribution >= 4 is 11.0 Å². The maximum atomic E-state index is 11.2. The summed E-state index contributed by atoms with van der Waals surface area (Å²) in [4.78, 5) is 11.2. The summed E-state index contributed by atoms with van der Waals surface area (Å²) in [6.07, 6.45) is 0.804. The van der Waals surface area contributed by atoms with Crippen molar-refractivity contribution in [3.05, 3.63) is 40.8 Å². The minimum Gasteiger partial charge on any atom is -0.493 e. The predicted molar refractivity (Wildman–Crippen MR) is 77.5 cm³/mol. The van der Waals surface area contributed by atoms with Crippen LogP contribution >= 0.6 is 0 Å². The topological polar surface area (TPSA) is 57.9 Å². The lowest BCUT2D eigenvalue weighted by Crippen LogP contribution is -2.22. The van der Waals surface area contributed by atoms with E-state index in [1.165, 1.54) is 6.07 Å². The molecule has 5 heteroatoms. The van der Waals surface area contributed by atoms with Crippen molar-refractivity contribution in [2.75, 3.05) is 13.2 Å². The van der Waals surface area contributed by atoms with Crippen LogP contribution in [0.3, 0.4) is 0 Å². The van der Waals surface area contributed by atoms with Crippen LogP contribution in [-0.2, 0) is 9.47 Å². The van der Waals surface area contributed by atoms with Crippen LogP contribution in [-0.4, -0.2) is 25.1 Å². The summed E-state index contributed by atoms with van der Waals surface area (Å²) in [5.41, 5.74) is 0.167. The zero-order valence-corrected chi connectivity index (χ0v) is 12.1. The van der Waals surface area contributed by atoms with E-state index in [0.717, 1.165) is 11.8 Å². The first-order valence-corrected chi connectivity index (χ1v) is 7.00. The fourth-order valence-corrected chi connectivity index (χ4v) is 2.34. The maximum absolute atomic E-state index is 11.2. The number of rotatable bonds is 4. The van der Waals surface area contributed by atoms with Crippen LogP contribution in [0.25, 0.3) is 11.0 Å². The Labute approximate surface area is 122 Å². The summed E-state index contributed by atoms with van der Waals surface area (Å²) in [6.45, 7) is 4.91. The monoisotopic (exact) mass is 290 g/mol. The predicted octanol–water partition coefficient (Wildman–Crippen LogP) is 2.71. The highest BCUT2D eigenvalue weighted by molar-refractivity contribution is 5.77. The van der Waals surface area contributed by atoms with Gasteiger partial charge < -0.3 is 18.6 Å². The Hall–Kier alpha value is -1.85. The molecule has 1 saturated heterocycles. The van der Waals surface area contributed by atoms with E-state index in [2.05, 4.69) is 0 Å². The molecule has 21 heavy (non-hydrogen) atoms. The first-order valence-electron chi connectivity index (χ1n) is 7.00. The summed E-state index contributed by atoms with van der Waals surface area (Å²) in [5.74, 6) is 0.173. The molecule has 0 amide bonds. The number of hydrogen-bond acceptors (Lipinski definition) is 5. The van der Waals surface area contributed by atoms with E-state index in [4.69, 9.17) is 18.6 Å². The highest BCUT2D eigenvalue weighted by Gasteiger charge is 2.32. The van der Waals surface area contributed by atoms with Crippen molar-refractivity contribution in [2.24, 2.45) is 0 Å². The second-order valence-electron chi connectivity index (χ2n) is 5.54. The van der Waals surface area contributed by atoms with Crippen molar-refractivity contribution in [3.8, 4) is 5.75 Å². The molecule has 1 aliphatic rings. The second kappa shape index (κ2) is 5.50. The lowest BCUT2D eigenvalue weighted by molar-refractivity contribution is -0.139. The molecule has 5 nitrogen and oxygen atoms in total. The molecular weight excluding hydrogens is 272 g/mol. The molecule has 1 atom stereocenters. The van der Waals surface area contributed by atoms with Crippen LogP contribution in [0.15, 0.2) is 39.5 Å². The Bertz CT molecular complexity index is 688. The summed E-state index contributed by atoms with van der Waals surface area (Å²) in [6, 6.07) is 8.59. The van der Waals surface area contributed by atoms with Crippen LogP contribution in [0.4, 0.5) is 0 Å². The van der Waals surface area contributed by atoms with Gasteiger partial charge in [0.15, 0.2) is 5.79 Å². The number of ether oxygens (including phenoxy) is 3. The first-order chi connectivity index (χ1) is 10.0. The first kappa shape index (κ1) is 14.1. The van der Waals surface area contributed by atoms with Gasteiger partial charge in [-0.05, 0) is 32.0 Å². The molecule has 0 N–H and O–H groups in total. The van der Waals surface area contributed by atoms with Crippen LogP contribution in [0.5, 0.6) is 5.75 Å². The molecule has 0 spiro atoms. The molecule has 0 saturated carbocycles. The van der Waals surface area contributed by atoms with Gasteiger partial charge in [0.1, 0.15) is 11.3 Å². The van der Waals surface area contributed by atoms with Gasteiger partial charge in [-0.25, -0.2) is 4.79 Å². The van der Waals surface area contributed by atoms with Gasteiger partial charge >= 0.3 is 5.63 Å². The molecule has 1 aliphatic heterocycles. The van der Waals surface area contributed by atoms with E-state index in [0.29, 0.717) is 24.5 Å². The third-order valence-electron chi connectivity index (χ3n) is 3.37. The lowest BCUT2D eigenvalue weighted by Gasteiger charge is -2.17. The van der Waals surface area contributed by atoms with Gasteiger partial charge in [0.2, 0.25) is 0 Å². The van der Waals surface area contributed by atoms with E-state index >= 15 is 0 Å². The molecule has 0 aliphatic carbocycles. The van der Waals surface area contributed by atoms with E-state index in [-0.39, 0.29) is 11.7 Å². The lowest BCUT2D eigenvalue weighted by atomic mass is 10.2. The average Bonchev–Trinajstić information content (AvgIpc) is 2.78. The molecular formula is C16H18O5. The van der Waals surface area contributed by atoms with Gasteiger partial charge in [0, 0.05) is 23.9 Å². The molecule has 3 rings (SSSR count). The Kier molecular flexibility index (Phi) is 3.69. The van der Waals surface area contributed by atoms with Crippen molar-refractivity contribution in [2.45, 2.75) is 32.2 Å². The van der Waals surface area contributed by atoms with E-state index in [1.807, 2.05) is 26.0 Å². The fraction of sp³-hybridized carbons (Fsp3) is 0.438. The molecule has 2 heterocycles. The van der Waals surface area contributed by atoms with Crippen molar-refractivity contribution in [1.29, 1.82) is 0 Å². The highest BCUT2D eigenvalue weighted by atomic mass is 16.7. The largest absolute Gasteiger partial charge is 0.493 e. The summed E-state index contributed by atoms with van der Waals surface area (Å²) in [7, 11) is 0. The summed E-state index contributed by atoms with van der Waals surface area (Å²) < 4.78 is 22.0. The van der Waals surface area contributed by atoms with Crippen molar-refractivity contribution in [3.63, 3.8) is 0 Å². The van der Waals surface area contributed by atoms with Crippen LogP contribution in [0.1, 0.15) is 20.3 Å². The Morgan fingerprint density at radius 1 is 1.29 bits per heavy atom.